The molecule has 0 aliphatic carbocycles. The number of primary amides is 1. The lowest BCUT2D eigenvalue weighted by molar-refractivity contribution is -0.145. The number of aliphatic carboxylic acids is 1. The average Bonchev–Trinajstić information content (AvgIpc) is 3.18. The number of carboxylic acids is 1. The van der Waals surface area contributed by atoms with Crippen molar-refractivity contribution in [1.82, 2.24) is 15.5 Å². The number of hydrogen-bond donors (Lipinski definition) is 6. The molecule has 0 aromatic heterocycles. The lowest BCUT2D eigenvalue weighted by atomic mass is 9.98. The van der Waals surface area contributed by atoms with Crippen LogP contribution in [0.15, 0.2) is 0 Å². The van der Waals surface area contributed by atoms with Crippen LogP contribution in [0.25, 0.3) is 0 Å². The van der Waals surface area contributed by atoms with Crippen molar-refractivity contribution in [3.63, 3.8) is 0 Å². The highest BCUT2D eigenvalue weighted by atomic mass is 16.4. The van der Waals surface area contributed by atoms with Gasteiger partial charge in [-0.05, 0) is 25.7 Å². The molecular formula is C19H33N5O7. The van der Waals surface area contributed by atoms with Crippen molar-refractivity contribution in [2.24, 2.45) is 17.4 Å². The zero-order valence-electron chi connectivity index (χ0n) is 18.0. The third-order valence-corrected chi connectivity index (χ3v) is 5.47. The van der Waals surface area contributed by atoms with Gasteiger partial charge in [0.05, 0.1) is 18.6 Å². The number of carboxylic acid groups (broad SMARTS) is 1. The number of nitrogens with two attached hydrogens (primary N) is 2. The third-order valence-electron chi connectivity index (χ3n) is 5.47. The summed E-state index contributed by atoms with van der Waals surface area (Å²) in [7, 11) is 0. The molecule has 176 valence electrons. The van der Waals surface area contributed by atoms with Crippen LogP contribution in [0.1, 0.15) is 46.5 Å². The molecule has 6 unspecified atom stereocenters. The molecule has 1 saturated heterocycles. The summed E-state index contributed by atoms with van der Waals surface area (Å²) in [6.07, 6.45) is -0.409. The summed E-state index contributed by atoms with van der Waals surface area (Å²) in [4.78, 5) is 62.0. The highest BCUT2D eigenvalue weighted by Crippen LogP contribution is 2.21. The Balaban J connectivity index is 2.95. The highest BCUT2D eigenvalue weighted by molar-refractivity contribution is 5.96. The van der Waals surface area contributed by atoms with Crippen LogP contribution in [0.4, 0.5) is 0 Å². The van der Waals surface area contributed by atoms with Gasteiger partial charge in [0, 0.05) is 6.54 Å². The van der Waals surface area contributed by atoms with E-state index in [1.165, 1.54) is 11.8 Å². The first kappa shape index (κ1) is 26.3. The molecule has 1 heterocycles. The fourth-order valence-electron chi connectivity index (χ4n) is 3.31. The van der Waals surface area contributed by atoms with E-state index in [0.29, 0.717) is 25.8 Å². The number of nitrogens with zero attached hydrogens (tertiary/aromatic N) is 1. The van der Waals surface area contributed by atoms with Gasteiger partial charge < -0.3 is 37.2 Å². The molecule has 0 bridgehead atoms. The molecular weight excluding hydrogens is 410 g/mol. The molecule has 0 aromatic carbocycles. The number of hydrogen-bond acceptors (Lipinski definition) is 7. The largest absolute Gasteiger partial charge is 0.480 e. The number of carbonyl (C=O) groups excluding carboxylic acids is 4. The Morgan fingerprint density at radius 2 is 1.77 bits per heavy atom. The van der Waals surface area contributed by atoms with Crippen molar-refractivity contribution < 1.29 is 34.2 Å². The van der Waals surface area contributed by atoms with E-state index in [4.69, 9.17) is 16.6 Å². The Hall–Kier alpha value is -2.73. The van der Waals surface area contributed by atoms with Gasteiger partial charge in [0.2, 0.25) is 23.6 Å². The Labute approximate surface area is 180 Å². The Morgan fingerprint density at radius 3 is 2.26 bits per heavy atom. The molecule has 1 aliphatic heterocycles. The summed E-state index contributed by atoms with van der Waals surface area (Å²) in [6.45, 7) is 5.23. The van der Waals surface area contributed by atoms with Gasteiger partial charge in [0.1, 0.15) is 12.1 Å². The maximum Gasteiger partial charge on any atom is 0.328 e. The summed E-state index contributed by atoms with van der Waals surface area (Å²) in [6, 6.07) is -4.76. The van der Waals surface area contributed by atoms with Crippen LogP contribution < -0.4 is 22.1 Å². The molecule has 1 rings (SSSR count). The normalized spacial score (nSPS) is 20.8. The van der Waals surface area contributed by atoms with Gasteiger partial charge in [0.15, 0.2) is 6.04 Å². The SMILES string of the molecule is CCC(C)C(N)C(=O)N1CCCC1C(=O)NC(CC(N)=O)C(=O)NC(C(=O)O)C(C)O. The van der Waals surface area contributed by atoms with Gasteiger partial charge in [-0.25, -0.2) is 4.79 Å². The number of aliphatic hydroxyl groups is 1. The van der Waals surface area contributed by atoms with Crippen molar-refractivity contribution in [1.29, 1.82) is 0 Å². The number of likely N-dealkylation sites (tertiary alicyclic amines) is 1. The van der Waals surface area contributed by atoms with E-state index in [1.807, 2.05) is 13.8 Å². The maximum atomic E-state index is 12.8. The van der Waals surface area contributed by atoms with E-state index in [2.05, 4.69) is 10.6 Å². The minimum absolute atomic E-state index is 0.0846. The molecule has 4 amide bonds. The van der Waals surface area contributed by atoms with Gasteiger partial charge in [0.25, 0.3) is 0 Å². The Morgan fingerprint density at radius 1 is 1.16 bits per heavy atom. The predicted octanol–water partition coefficient (Wildman–Crippen LogP) is -2.34. The summed E-state index contributed by atoms with van der Waals surface area (Å²) >= 11 is 0. The lowest BCUT2D eigenvalue weighted by Crippen LogP contribution is -2.58. The van der Waals surface area contributed by atoms with Crippen molar-refractivity contribution in [3.8, 4) is 0 Å². The monoisotopic (exact) mass is 443 g/mol. The molecule has 6 atom stereocenters. The predicted molar refractivity (Wildman–Crippen MR) is 109 cm³/mol. The van der Waals surface area contributed by atoms with Gasteiger partial charge >= 0.3 is 5.97 Å². The molecule has 12 nitrogen and oxygen atoms in total. The number of aliphatic hydroxyl groups excluding tert-OH is 1. The minimum atomic E-state index is -1.64. The number of carbonyl (C=O) groups is 5. The first-order valence-corrected chi connectivity index (χ1v) is 10.3. The fourth-order valence-corrected chi connectivity index (χ4v) is 3.31. The van der Waals surface area contributed by atoms with E-state index < -0.39 is 60.4 Å². The molecule has 8 N–H and O–H groups in total. The number of amides is 4. The van der Waals surface area contributed by atoms with Gasteiger partial charge in [-0.1, -0.05) is 20.3 Å². The smallest absolute Gasteiger partial charge is 0.328 e. The quantitative estimate of drug-likeness (QED) is 0.203. The standard InChI is InChI=1S/C19H33N5O7/c1-4-9(2)14(21)18(29)24-7-5-6-12(24)17(28)22-11(8-13(20)26)16(27)23-15(10(3)25)19(30)31/h9-12,14-15,25H,4-8,21H2,1-3H3,(H2,20,26)(H,22,28)(H,23,27)(H,30,31). The molecule has 1 fully saturated rings. The van der Waals surface area contributed by atoms with E-state index in [1.54, 1.807) is 0 Å². The zero-order valence-corrected chi connectivity index (χ0v) is 18.0. The van der Waals surface area contributed by atoms with Gasteiger partial charge in [-0.3, -0.25) is 19.2 Å². The topological polar surface area (TPSA) is 205 Å². The van der Waals surface area contributed by atoms with Crippen LogP contribution in [-0.4, -0.2) is 81.5 Å². The third kappa shape index (κ3) is 7.17. The fraction of sp³-hybridized carbons (Fsp3) is 0.737. The number of nitrogens with one attached hydrogen (secondary N) is 2. The summed E-state index contributed by atoms with van der Waals surface area (Å²) in [5.41, 5.74) is 11.2. The van der Waals surface area contributed by atoms with E-state index in [0.717, 1.165) is 0 Å². The van der Waals surface area contributed by atoms with E-state index in [9.17, 15) is 29.1 Å². The second kappa shape index (κ2) is 11.6. The van der Waals surface area contributed by atoms with Gasteiger partial charge in [-0.15, -0.1) is 0 Å². The zero-order chi connectivity index (χ0) is 23.9. The van der Waals surface area contributed by atoms with Crippen LogP contribution in [0.5, 0.6) is 0 Å². The molecule has 0 spiro atoms. The van der Waals surface area contributed by atoms with E-state index >= 15 is 0 Å². The molecule has 0 aromatic rings. The molecule has 1 aliphatic rings. The molecule has 0 saturated carbocycles. The van der Waals surface area contributed by atoms with Crippen LogP contribution in [0, 0.1) is 5.92 Å². The van der Waals surface area contributed by atoms with Crippen molar-refractivity contribution in [3.05, 3.63) is 0 Å². The second-order valence-corrected chi connectivity index (χ2v) is 7.90. The Kier molecular flexibility index (Phi) is 9.85. The van der Waals surface area contributed by atoms with Crippen molar-refractivity contribution in [2.45, 2.75) is 76.7 Å². The summed E-state index contributed by atoms with van der Waals surface area (Å²) < 4.78 is 0. The van der Waals surface area contributed by atoms with Crippen molar-refractivity contribution in [2.75, 3.05) is 6.54 Å². The maximum absolute atomic E-state index is 12.8. The molecule has 0 radical (unpaired) electrons. The van der Waals surface area contributed by atoms with E-state index in [-0.39, 0.29) is 11.8 Å². The van der Waals surface area contributed by atoms with Crippen LogP contribution in [-0.2, 0) is 24.0 Å². The summed E-state index contributed by atoms with van der Waals surface area (Å²) in [5.74, 6) is -4.51. The van der Waals surface area contributed by atoms with Crippen LogP contribution in [0.2, 0.25) is 0 Å². The lowest BCUT2D eigenvalue weighted by Gasteiger charge is -2.30. The molecule has 31 heavy (non-hydrogen) atoms. The van der Waals surface area contributed by atoms with Gasteiger partial charge in [-0.2, -0.15) is 0 Å². The highest BCUT2D eigenvalue weighted by Gasteiger charge is 2.39. The van der Waals surface area contributed by atoms with Crippen molar-refractivity contribution >= 4 is 29.6 Å². The second-order valence-electron chi connectivity index (χ2n) is 7.90. The first-order chi connectivity index (χ1) is 14.4. The summed E-state index contributed by atoms with van der Waals surface area (Å²) in [5, 5.41) is 23.1. The van der Waals surface area contributed by atoms with Crippen LogP contribution in [0.3, 0.4) is 0 Å². The van der Waals surface area contributed by atoms with Crippen LogP contribution >= 0.6 is 0 Å². The average molecular weight is 444 g/mol. The molecule has 12 heteroatoms. The Bertz CT molecular complexity index is 699. The minimum Gasteiger partial charge on any atom is -0.480 e. The first-order valence-electron chi connectivity index (χ1n) is 10.3. The number of rotatable bonds is 11.